The summed E-state index contributed by atoms with van der Waals surface area (Å²) in [4.78, 5) is 11.9. The zero-order valence-electron chi connectivity index (χ0n) is 11.0. The first kappa shape index (κ1) is 14.6. The van der Waals surface area contributed by atoms with Crippen LogP contribution in [0.1, 0.15) is 38.3 Å². The van der Waals surface area contributed by atoms with Crippen LogP contribution in [0.2, 0.25) is 10.0 Å². The average Bonchev–Trinajstić information content (AvgIpc) is 3.12. The van der Waals surface area contributed by atoms with Crippen molar-refractivity contribution < 1.29 is 4.79 Å². The zero-order valence-corrected chi connectivity index (χ0v) is 12.6. The Labute approximate surface area is 123 Å². The molecule has 19 heavy (non-hydrogen) atoms. The lowest BCUT2D eigenvalue weighted by Gasteiger charge is -2.21. The molecule has 0 spiro atoms. The standard InChI is InChI=1S/C14H18Cl2N2O/c1-8(12-6-3-10(15)7-13(12)16)17-9(2)14(19)18-11-4-5-11/h3,6-9,11,17H,4-5H2,1-2H3,(H,18,19). The van der Waals surface area contributed by atoms with Gasteiger partial charge in [0, 0.05) is 22.1 Å². The zero-order chi connectivity index (χ0) is 14.0. The maximum absolute atomic E-state index is 11.9. The number of carbonyl (C=O) groups excluding carboxylic acids is 1. The largest absolute Gasteiger partial charge is 0.352 e. The van der Waals surface area contributed by atoms with Crippen molar-refractivity contribution in [1.29, 1.82) is 0 Å². The second kappa shape index (κ2) is 6.12. The number of halogens is 2. The molecular weight excluding hydrogens is 283 g/mol. The van der Waals surface area contributed by atoms with E-state index < -0.39 is 0 Å². The Balaban J connectivity index is 1.95. The van der Waals surface area contributed by atoms with E-state index in [1.807, 2.05) is 19.9 Å². The fraction of sp³-hybridized carbons (Fsp3) is 0.500. The van der Waals surface area contributed by atoms with Gasteiger partial charge in [0.25, 0.3) is 0 Å². The van der Waals surface area contributed by atoms with Gasteiger partial charge in [0.1, 0.15) is 0 Å². The van der Waals surface area contributed by atoms with Crippen LogP contribution in [0.5, 0.6) is 0 Å². The molecule has 2 rings (SSSR count). The van der Waals surface area contributed by atoms with Crippen molar-refractivity contribution in [3.05, 3.63) is 33.8 Å². The van der Waals surface area contributed by atoms with Gasteiger partial charge in [0.2, 0.25) is 5.91 Å². The molecule has 1 saturated carbocycles. The lowest BCUT2D eigenvalue weighted by molar-refractivity contribution is -0.123. The first-order chi connectivity index (χ1) is 8.97. The van der Waals surface area contributed by atoms with Gasteiger partial charge in [-0.05, 0) is 44.4 Å². The predicted octanol–water partition coefficient (Wildman–Crippen LogP) is 3.31. The Hall–Kier alpha value is -0.770. The first-order valence-electron chi connectivity index (χ1n) is 6.48. The van der Waals surface area contributed by atoms with Crippen molar-refractivity contribution in [2.75, 3.05) is 0 Å². The minimum atomic E-state index is -0.248. The molecule has 3 nitrogen and oxygen atoms in total. The summed E-state index contributed by atoms with van der Waals surface area (Å²) in [5.41, 5.74) is 0.942. The van der Waals surface area contributed by atoms with Crippen molar-refractivity contribution in [1.82, 2.24) is 10.6 Å². The number of benzene rings is 1. The smallest absolute Gasteiger partial charge is 0.237 e. The van der Waals surface area contributed by atoms with Crippen LogP contribution in [0.4, 0.5) is 0 Å². The summed E-state index contributed by atoms with van der Waals surface area (Å²) < 4.78 is 0. The minimum absolute atomic E-state index is 0.00952. The van der Waals surface area contributed by atoms with E-state index in [2.05, 4.69) is 10.6 Å². The number of hydrogen-bond donors (Lipinski definition) is 2. The van der Waals surface area contributed by atoms with Crippen LogP contribution in [0.3, 0.4) is 0 Å². The highest BCUT2D eigenvalue weighted by Gasteiger charge is 2.26. The third kappa shape index (κ3) is 4.10. The summed E-state index contributed by atoms with van der Waals surface area (Å²) in [6, 6.07) is 5.52. The van der Waals surface area contributed by atoms with E-state index in [0.717, 1.165) is 18.4 Å². The minimum Gasteiger partial charge on any atom is -0.352 e. The van der Waals surface area contributed by atoms with Crippen LogP contribution in [-0.2, 0) is 4.79 Å². The maximum atomic E-state index is 11.9. The molecule has 0 saturated heterocycles. The van der Waals surface area contributed by atoms with E-state index in [1.165, 1.54) is 0 Å². The molecule has 1 amide bonds. The predicted molar refractivity (Wildman–Crippen MR) is 78.6 cm³/mol. The monoisotopic (exact) mass is 300 g/mol. The third-order valence-corrected chi connectivity index (χ3v) is 3.81. The second-order valence-corrected chi connectivity index (χ2v) is 5.90. The number of rotatable bonds is 5. The van der Waals surface area contributed by atoms with Gasteiger partial charge in [-0.3, -0.25) is 10.1 Å². The SMILES string of the molecule is CC(NC(C)c1ccc(Cl)cc1Cl)C(=O)NC1CC1. The molecule has 0 aliphatic heterocycles. The van der Waals surface area contributed by atoms with Crippen molar-refractivity contribution in [3.63, 3.8) is 0 Å². The molecule has 1 aliphatic carbocycles. The van der Waals surface area contributed by atoms with E-state index in [0.29, 0.717) is 16.1 Å². The first-order valence-corrected chi connectivity index (χ1v) is 7.24. The van der Waals surface area contributed by atoms with E-state index in [-0.39, 0.29) is 18.0 Å². The van der Waals surface area contributed by atoms with Gasteiger partial charge in [-0.15, -0.1) is 0 Å². The highest BCUT2D eigenvalue weighted by molar-refractivity contribution is 6.35. The Morgan fingerprint density at radius 1 is 1.32 bits per heavy atom. The number of hydrogen-bond acceptors (Lipinski definition) is 2. The lowest BCUT2D eigenvalue weighted by Crippen LogP contribution is -2.43. The van der Waals surface area contributed by atoms with Gasteiger partial charge in [-0.1, -0.05) is 29.3 Å². The van der Waals surface area contributed by atoms with Crippen molar-refractivity contribution >= 4 is 29.1 Å². The molecular formula is C14H18Cl2N2O. The number of amides is 1. The van der Waals surface area contributed by atoms with Gasteiger partial charge < -0.3 is 5.32 Å². The Morgan fingerprint density at radius 2 is 2.00 bits per heavy atom. The van der Waals surface area contributed by atoms with Gasteiger partial charge in [0.15, 0.2) is 0 Å². The van der Waals surface area contributed by atoms with Gasteiger partial charge in [0.05, 0.1) is 6.04 Å². The molecule has 104 valence electrons. The van der Waals surface area contributed by atoms with Gasteiger partial charge in [-0.2, -0.15) is 0 Å². The summed E-state index contributed by atoms with van der Waals surface area (Å²) in [6.07, 6.45) is 2.19. The molecule has 0 bridgehead atoms. The molecule has 5 heteroatoms. The van der Waals surface area contributed by atoms with E-state index >= 15 is 0 Å². The summed E-state index contributed by atoms with van der Waals surface area (Å²) in [6.45, 7) is 3.84. The molecule has 1 fully saturated rings. The molecule has 2 unspecified atom stereocenters. The molecule has 1 aromatic carbocycles. The van der Waals surface area contributed by atoms with E-state index in [4.69, 9.17) is 23.2 Å². The molecule has 0 heterocycles. The topological polar surface area (TPSA) is 41.1 Å². The second-order valence-electron chi connectivity index (χ2n) is 5.06. The highest BCUT2D eigenvalue weighted by Crippen LogP contribution is 2.26. The van der Waals surface area contributed by atoms with Crippen LogP contribution in [0.15, 0.2) is 18.2 Å². The fourth-order valence-corrected chi connectivity index (χ4v) is 2.52. The molecule has 1 aromatic rings. The van der Waals surface area contributed by atoms with Crippen LogP contribution >= 0.6 is 23.2 Å². The highest BCUT2D eigenvalue weighted by atomic mass is 35.5. The maximum Gasteiger partial charge on any atom is 0.237 e. The lowest BCUT2D eigenvalue weighted by atomic mass is 10.1. The molecule has 2 atom stereocenters. The molecule has 1 aliphatic rings. The summed E-state index contributed by atoms with van der Waals surface area (Å²) in [5.74, 6) is 0.0411. The summed E-state index contributed by atoms with van der Waals surface area (Å²) >= 11 is 12.0. The van der Waals surface area contributed by atoms with E-state index in [9.17, 15) is 4.79 Å². The Morgan fingerprint density at radius 3 is 2.58 bits per heavy atom. The van der Waals surface area contributed by atoms with Crippen LogP contribution in [0, 0.1) is 0 Å². The average molecular weight is 301 g/mol. The fourth-order valence-electron chi connectivity index (χ4n) is 1.95. The molecule has 0 radical (unpaired) electrons. The Kier molecular flexibility index (Phi) is 4.71. The number of carbonyl (C=O) groups is 1. The molecule has 2 N–H and O–H groups in total. The van der Waals surface area contributed by atoms with Crippen LogP contribution in [0.25, 0.3) is 0 Å². The van der Waals surface area contributed by atoms with Crippen LogP contribution < -0.4 is 10.6 Å². The van der Waals surface area contributed by atoms with Crippen molar-refractivity contribution in [2.45, 2.75) is 44.8 Å². The van der Waals surface area contributed by atoms with Crippen molar-refractivity contribution in [3.8, 4) is 0 Å². The van der Waals surface area contributed by atoms with Crippen molar-refractivity contribution in [2.24, 2.45) is 0 Å². The van der Waals surface area contributed by atoms with E-state index in [1.54, 1.807) is 12.1 Å². The summed E-state index contributed by atoms with van der Waals surface area (Å²) in [7, 11) is 0. The Bertz CT molecular complexity index is 475. The van der Waals surface area contributed by atoms with Crippen LogP contribution in [-0.4, -0.2) is 18.0 Å². The third-order valence-electron chi connectivity index (χ3n) is 3.25. The number of nitrogens with one attached hydrogen (secondary N) is 2. The summed E-state index contributed by atoms with van der Waals surface area (Å²) in [5, 5.41) is 7.45. The normalized spacial score (nSPS) is 17.9. The molecule has 0 aromatic heterocycles. The van der Waals surface area contributed by atoms with Gasteiger partial charge >= 0.3 is 0 Å². The quantitative estimate of drug-likeness (QED) is 0.876. The van der Waals surface area contributed by atoms with Gasteiger partial charge in [-0.25, -0.2) is 0 Å².